The number of hydrogen-bond acceptors (Lipinski definition) is 7. The molecule has 1 aliphatic carbocycles. The number of methoxy groups -OCH3 is 1. The van der Waals surface area contributed by atoms with Crippen LogP contribution in [0.4, 0.5) is 5.82 Å². The summed E-state index contributed by atoms with van der Waals surface area (Å²) in [6.07, 6.45) is 5.76. The Morgan fingerprint density at radius 1 is 1.09 bits per heavy atom. The monoisotopic (exact) mass is 443 g/mol. The molecule has 2 aliphatic heterocycles. The second-order valence-corrected chi connectivity index (χ2v) is 9.44. The lowest BCUT2D eigenvalue weighted by atomic mass is 9.95. The van der Waals surface area contributed by atoms with E-state index >= 15 is 0 Å². The van der Waals surface area contributed by atoms with E-state index in [1.807, 2.05) is 6.07 Å². The molecule has 0 bridgehead atoms. The third-order valence-electron chi connectivity index (χ3n) is 7.13. The molecule has 1 aromatic carbocycles. The fourth-order valence-corrected chi connectivity index (χ4v) is 4.99. The number of hydrogen-bond donors (Lipinski definition) is 0. The van der Waals surface area contributed by atoms with Crippen LogP contribution in [0, 0.1) is 5.92 Å². The zero-order valence-electron chi connectivity index (χ0n) is 19.2. The van der Waals surface area contributed by atoms with Gasteiger partial charge < -0.3 is 19.3 Å². The van der Waals surface area contributed by atoms with Gasteiger partial charge in [0.1, 0.15) is 12.4 Å². The van der Waals surface area contributed by atoms with Gasteiger partial charge in [-0.15, -0.1) is 5.10 Å². The Labute approximate surface area is 194 Å². The first kappa shape index (κ1) is 20.4. The fourth-order valence-electron chi connectivity index (χ4n) is 4.99. The van der Waals surface area contributed by atoms with Crippen LogP contribution in [0.1, 0.15) is 24.8 Å². The number of fused-ring (bicyclic) bond motifs is 3. The molecule has 1 saturated heterocycles. The van der Waals surface area contributed by atoms with E-state index in [9.17, 15) is 0 Å². The molecule has 2 aromatic heterocycles. The molecule has 0 radical (unpaired) electrons. The van der Waals surface area contributed by atoms with Crippen molar-refractivity contribution >= 4 is 5.82 Å². The van der Waals surface area contributed by atoms with E-state index < -0.39 is 0 Å². The first-order valence-electron chi connectivity index (χ1n) is 11.8. The van der Waals surface area contributed by atoms with Crippen LogP contribution in [-0.4, -0.2) is 59.9 Å². The summed E-state index contributed by atoms with van der Waals surface area (Å²) in [6.45, 7) is 3.84. The summed E-state index contributed by atoms with van der Waals surface area (Å²) in [4.78, 5) is 9.87. The topological polar surface area (TPSA) is 63.6 Å². The SMILES string of the molecule is COc1cc(-c2ccc3c(c2)COc2nc(N4CCC(N(C)CC5CC5)C4)ccc2-3)cnn1. The number of pyridine rings is 1. The second kappa shape index (κ2) is 8.30. The quantitative estimate of drug-likeness (QED) is 0.570. The maximum absolute atomic E-state index is 6.12. The molecule has 170 valence electrons. The molecular weight excluding hydrogens is 414 g/mol. The summed E-state index contributed by atoms with van der Waals surface area (Å²) in [5, 5.41) is 8.00. The standard InChI is InChI=1S/C26H29N5O2/c1-30(14-17-3-4-17)21-9-10-31(15-21)24-8-7-23-22-6-5-18(11-20(22)16-33-26(23)28-24)19-12-25(32-2)29-27-13-19/h5-8,11-13,17,21H,3-4,9-10,14-16H2,1-2H3. The van der Waals surface area contributed by atoms with E-state index in [2.05, 4.69) is 57.4 Å². The van der Waals surface area contributed by atoms with E-state index in [4.69, 9.17) is 14.5 Å². The van der Waals surface area contributed by atoms with Crippen molar-refractivity contribution in [3.63, 3.8) is 0 Å². The van der Waals surface area contributed by atoms with Gasteiger partial charge in [0, 0.05) is 42.9 Å². The molecule has 3 aliphatic rings. The van der Waals surface area contributed by atoms with Crippen LogP contribution in [0.2, 0.25) is 0 Å². The molecule has 1 unspecified atom stereocenters. The van der Waals surface area contributed by atoms with Crippen LogP contribution in [0.5, 0.6) is 11.8 Å². The lowest BCUT2D eigenvalue weighted by Gasteiger charge is -2.26. The maximum Gasteiger partial charge on any atom is 0.233 e. The number of anilines is 1. The van der Waals surface area contributed by atoms with Crippen LogP contribution in [-0.2, 0) is 6.61 Å². The second-order valence-electron chi connectivity index (χ2n) is 9.44. The van der Waals surface area contributed by atoms with Crippen LogP contribution in [0.15, 0.2) is 42.6 Å². The molecule has 0 spiro atoms. The Morgan fingerprint density at radius 2 is 1.97 bits per heavy atom. The highest BCUT2D eigenvalue weighted by atomic mass is 16.5. The molecule has 33 heavy (non-hydrogen) atoms. The van der Waals surface area contributed by atoms with Gasteiger partial charge in [-0.05, 0) is 67.1 Å². The molecule has 7 nitrogen and oxygen atoms in total. The van der Waals surface area contributed by atoms with Crippen molar-refractivity contribution in [2.75, 3.05) is 38.7 Å². The van der Waals surface area contributed by atoms with E-state index in [-0.39, 0.29) is 0 Å². The first-order chi connectivity index (χ1) is 16.2. The lowest BCUT2D eigenvalue weighted by Crippen LogP contribution is -2.36. The first-order valence-corrected chi connectivity index (χ1v) is 11.8. The van der Waals surface area contributed by atoms with Crippen LogP contribution >= 0.6 is 0 Å². The average molecular weight is 444 g/mol. The van der Waals surface area contributed by atoms with E-state index in [1.165, 1.54) is 31.4 Å². The Bertz CT molecular complexity index is 1180. The van der Waals surface area contributed by atoms with Gasteiger partial charge in [-0.25, -0.2) is 0 Å². The Hall–Kier alpha value is -3.19. The van der Waals surface area contributed by atoms with Crippen LogP contribution in [0.25, 0.3) is 22.3 Å². The Balaban J connectivity index is 1.22. The summed E-state index contributed by atoms with van der Waals surface area (Å²) in [6, 6.07) is 13.2. The van der Waals surface area contributed by atoms with Gasteiger partial charge in [-0.1, -0.05) is 12.1 Å². The highest BCUT2D eigenvalue weighted by molar-refractivity contribution is 5.78. The van der Waals surface area contributed by atoms with E-state index in [0.29, 0.717) is 18.5 Å². The van der Waals surface area contributed by atoms with Gasteiger partial charge in [0.05, 0.1) is 13.3 Å². The molecule has 0 N–H and O–H groups in total. The minimum atomic E-state index is 0.506. The third-order valence-corrected chi connectivity index (χ3v) is 7.13. The van der Waals surface area contributed by atoms with E-state index in [0.717, 1.165) is 53.0 Å². The van der Waals surface area contributed by atoms with Crippen LogP contribution in [0.3, 0.4) is 0 Å². The highest BCUT2D eigenvalue weighted by Gasteiger charge is 2.31. The molecule has 4 heterocycles. The van der Waals surface area contributed by atoms with Gasteiger partial charge in [0.15, 0.2) is 0 Å². The average Bonchev–Trinajstić information content (AvgIpc) is 3.53. The van der Waals surface area contributed by atoms with Gasteiger partial charge in [0.2, 0.25) is 11.8 Å². The number of likely N-dealkylation sites (N-methyl/N-ethyl adjacent to an activating group) is 1. The smallest absolute Gasteiger partial charge is 0.233 e. The van der Waals surface area contributed by atoms with Gasteiger partial charge >= 0.3 is 0 Å². The van der Waals surface area contributed by atoms with Crippen molar-refractivity contribution in [2.45, 2.75) is 31.9 Å². The van der Waals surface area contributed by atoms with Crippen molar-refractivity contribution in [3.05, 3.63) is 48.2 Å². The summed E-state index contributed by atoms with van der Waals surface area (Å²) in [7, 11) is 3.88. The number of rotatable bonds is 6. The molecular formula is C26H29N5O2. The third kappa shape index (κ3) is 4.02. The summed E-state index contributed by atoms with van der Waals surface area (Å²) in [5.41, 5.74) is 5.42. The minimum absolute atomic E-state index is 0.506. The molecule has 2 fully saturated rings. The van der Waals surface area contributed by atoms with E-state index in [1.54, 1.807) is 13.3 Å². The predicted molar refractivity (Wildman–Crippen MR) is 128 cm³/mol. The van der Waals surface area contributed by atoms with Gasteiger partial charge in [0.25, 0.3) is 0 Å². The molecule has 0 amide bonds. The summed E-state index contributed by atoms with van der Waals surface area (Å²) >= 11 is 0. The summed E-state index contributed by atoms with van der Waals surface area (Å²) < 4.78 is 11.3. The molecule has 1 saturated carbocycles. The maximum atomic E-state index is 6.12. The number of aromatic nitrogens is 3. The normalized spacial score (nSPS) is 19.2. The summed E-state index contributed by atoms with van der Waals surface area (Å²) in [5.74, 6) is 3.18. The molecule has 7 heteroatoms. The number of benzene rings is 1. The zero-order chi connectivity index (χ0) is 22.4. The predicted octanol–water partition coefficient (Wildman–Crippen LogP) is 4.03. The molecule has 3 aromatic rings. The zero-order valence-corrected chi connectivity index (χ0v) is 19.2. The Morgan fingerprint density at radius 3 is 2.82 bits per heavy atom. The molecule has 1 atom stereocenters. The Kier molecular flexibility index (Phi) is 5.14. The van der Waals surface area contributed by atoms with Crippen molar-refractivity contribution in [2.24, 2.45) is 5.92 Å². The van der Waals surface area contributed by atoms with Crippen LogP contribution < -0.4 is 14.4 Å². The van der Waals surface area contributed by atoms with Crippen molar-refractivity contribution in [1.29, 1.82) is 0 Å². The molecule has 6 rings (SSSR count). The lowest BCUT2D eigenvalue weighted by molar-refractivity contribution is 0.248. The largest absolute Gasteiger partial charge is 0.480 e. The number of nitrogens with zero attached hydrogens (tertiary/aromatic N) is 5. The van der Waals surface area contributed by atoms with Crippen molar-refractivity contribution in [3.8, 4) is 34.0 Å². The fraction of sp³-hybridized carbons (Fsp3) is 0.423. The van der Waals surface area contributed by atoms with Gasteiger partial charge in [-0.2, -0.15) is 10.1 Å². The van der Waals surface area contributed by atoms with Crippen molar-refractivity contribution < 1.29 is 9.47 Å². The minimum Gasteiger partial charge on any atom is -0.480 e. The number of ether oxygens (including phenoxy) is 2. The van der Waals surface area contributed by atoms with Gasteiger partial charge in [-0.3, -0.25) is 0 Å². The highest BCUT2D eigenvalue weighted by Crippen LogP contribution is 2.40. The van der Waals surface area contributed by atoms with Crippen molar-refractivity contribution in [1.82, 2.24) is 20.1 Å².